The predicted octanol–water partition coefficient (Wildman–Crippen LogP) is 2.61. The first-order valence-corrected chi connectivity index (χ1v) is 6.77. The van der Waals surface area contributed by atoms with E-state index >= 15 is 0 Å². The van der Waals surface area contributed by atoms with Gasteiger partial charge in [-0.15, -0.1) is 0 Å². The van der Waals surface area contributed by atoms with E-state index < -0.39 is 12.0 Å². The van der Waals surface area contributed by atoms with Gasteiger partial charge < -0.3 is 15.6 Å². The molecule has 0 aliphatic heterocycles. The molecule has 0 aliphatic carbocycles. The van der Waals surface area contributed by atoms with E-state index in [0.29, 0.717) is 5.56 Å². The van der Waals surface area contributed by atoms with Crippen LogP contribution in [0, 0.1) is 0 Å². The number of carboxylic acid groups (broad SMARTS) is 1. The number of hydrogen-bond acceptors (Lipinski definition) is 4. The quantitative estimate of drug-likeness (QED) is 0.828. The minimum Gasteiger partial charge on any atom is -0.481 e. The third-order valence-corrected chi connectivity index (χ3v) is 3.37. The first kappa shape index (κ1) is 15.7. The van der Waals surface area contributed by atoms with Crippen molar-refractivity contribution in [1.29, 1.82) is 0 Å². The summed E-state index contributed by atoms with van der Waals surface area (Å²) in [5.74, 6) is -1.29. The maximum absolute atomic E-state index is 11.4. The van der Waals surface area contributed by atoms with Gasteiger partial charge in [-0.3, -0.25) is 4.79 Å². The predicted molar refractivity (Wildman–Crippen MR) is 82.4 cm³/mol. The van der Waals surface area contributed by atoms with Gasteiger partial charge in [-0.25, -0.2) is 4.79 Å². The van der Waals surface area contributed by atoms with E-state index in [2.05, 4.69) is 4.74 Å². The summed E-state index contributed by atoms with van der Waals surface area (Å²) in [6.45, 7) is 0. The molecule has 2 aromatic rings. The maximum Gasteiger partial charge on any atom is 0.337 e. The summed E-state index contributed by atoms with van der Waals surface area (Å²) in [7, 11) is 1.34. The zero-order chi connectivity index (χ0) is 16.1. The average Bonchev–Trinajstić information content (AvgIpc) is 2.54. The molecule has 22 heavy (non-hydrogen) atoms. The van der Waals surface area contributed by atoms with Gasteiger partial charge in [0.15, 0.2) is 0 Å². The van der Waals surface area contributed by atoms with Crippen molar-refractivity contribution in [3.63, 3.8) is 0 Å². The molecule has 0 fully saturated rings. The molecule has 0 radical (unpaired) electrons. The number of aliphatic carboxylic acids is 1. The van der Waals surface area contributed by atoms with Crippen molar-refractivity contribution in [2.75, 3.05) is 7.11 Å². The van der Waals surface area contributed by atoms with Crippen LogP contribution in [0.1, 0.15) is 28.4 Å². The standard InChI is InChI=1S/C17H17NO4/c1-22-17(21)14-8-4-12(5-9-14)11-2-6-13(7-3-11)15(18)10-16(19)20/h2-9,15H,10,18H2,1H3,(H,19,20). The van der Waals surface area contributed by atoms with Crippen LogP contribution >= 0.6 is 0 Å². The van der Waals surface area contributed by atoms with Crippen molar-refractivity contribution in [2.45, 2.75) is 12.5 Å². The average molecular weight is 299 g/mol. The molecule has 0 heterocycles. The summed E-state index contributed by atoms with van der Waals surface area (Å²) in [6.07, 6.45) is -0.104. The second kappa shape index (κ2) is 6.87. The highest BCUT2D eigenvalue weighted by atomic mass is 16.5. The van der Waals surface area contributed by atoms with Crippen LogP contribution in [0.25, 0.3) is 11.1 Å². The summed E-state index contributed by atoms with van der Waals surface area (Å²) in [4.78, 5) is 22.1. The number of carboxylic acids is 1. The fraction of sp³-hybridized carbons (Fsp3) is 0.176. The highest BCUT2D eigenvalue weighted by Gasteiger charge is 2.11. The van der Waals surface area contributed by atoms with E-state index in [0.717, 1.165) is 16.7 Å². The van der Waals surface area contributed by atoms with Gasteiger partial charge in [0, 0.05) is 6.04 Å². The van der Waals surface area contributed by atoms with Crippen molar-refractivity contribution in [1.82, 2.24) is 0 Å². The van der Waals surface area contributed by atoms with E-state index in [9.17, 15) is 9.59 Å². The van der Waals surface area contributed by atoms with Crippen LogP contribution in [0.3, 0.4) is 0 Å². The van der Waals surface area contributed by atoms with Crippen LogP contribution in [0.4, 0.5) is 0 Å². The molecule has 0 saturated heterocycles. The molecule has 3 N–H and O–H groups in total. The van der Waals surface area contributed by atoms with Crippen LogP contribution in [0.5, 0.6) is 0 Å². The van der Waals surface area contributed by atoms with Crippen LogP contribution in [0.15, 0.2) is 48.5 Å². The zero-order valence-corrected chi connectivity index (χ0v) is 12.2. The number of hydrogen-bond donors (Lipinski definition) is 2. The Balaban J connectivity index is 2.16. The van der Waals surface area contributed by atoms with Gasteiger partial charge in [-0.05, 0) is 28.8 Å². The molecule has 0 aromatic heterocycles. The lowest BCUT2D eigenvalue weighted by molar-refractivity contribution is -0.137. The molecule has 0 bridgehead atoms. The van der Waals surface area contributed by atoms with E-state index in [-0.39, 0.29) is 12.4 Å². The molecule has 2 aromatic carbocycles. The van der Waals surface area contributed by atoms with Crippen LogP contribution in [-0.2, 0) is 9.53 Å². The van der Waals surface area contributed by atoms with Gasteiger partial charge in [-0.2, -0.15) is 0 Å². The van der Waals surface area contributed by atoms with Crippen molar-refractivity contribution >= 4 is 11.9 Å². The largest absolute Gasteiger partial charge is 0.481 e. The monoisotopic (exact) mass is 299 g/mol. The lowest BCUT2D eigenvalue weighted by Crippen LogP contribution is -2.14. The molecule has 0 amide bonds. The number of nitrogens with two attached hydrogens (primary N) is 1. The molecule has 0 spiro atoms. The number of esters is 1. The highest BCUT2D eigenvalue weighted by molar-refractivity contribution is 5.89. The number of rotatable bonds is 5. The summed E-state index contributed by atoms with van der Waals surface area (Å²) >= 11 is 0. The Morgan fingerprint density at radius 1 is 1.05 bits per heavy atom. The Bertz CT molecular complexity index is 662. The molecule has 0 aliphatic rings. The van der Waals surface area contributed by atoms with Gasteiger partial charge in [0.05, 0.1) is 19.1 Å². The molecule has 1 atom stereocenters. The highest BCUT2D eigenvalue weighted by Crippen LogP contribution is 2.23. The maximum atomic E-state index is 11.4. The molecule has 114 valence electrons. The van der Waals surface area contributed by atoms with E-state index in [4.69, 9.17) is 10.8 Å². The number of carbonyl (C=O) groups excluding carboxylic acids is 1. The summed E-state index contributed by atoms with van der Waals surface area (Å²) in [5.41, 5.74) is 9.00. The third-order valence-electron chi connectivity index (χ3n) is 3.37. The molecular weight excluding hydrogens is 282 g/mol. The molecular formula is C17H17NO4. The normalized spacial score (nSPS) is 11.7. The number of methoxy groups -OCH3 is 1. The minimum absolute atomic E-state index is 0.104. The SMILES string of the molecule is COC(=O)c1ccc(-c2ccc(C(N)CC(=O)O)cc2)cc1. The van der Waals surface area contributed by atoms with Crippen molar-refractivity contribution in [2.24, 2.45) is 5.73 Å². The second-order valence-electron chi connectivity index (χ2n) is 4.90. The topological polar surface area (TPSA) is 89.6 Å². The van der Waals surface area contributed by atoms with Crippen LogP contribution < -0.4 is 5.73 Å². The van der Waals surface area contributed by atoms with E-state index in [1.54, 1.807) is 12.1 Å². The van der Waals surface area contributed by atoms with Gasteiger partial charge in [0.25, 0.3) is 0 Å². The van der Waals surface area contributed by atoms with Crippen LogP contribution in [-0.4, -0.2) is 24.2 Å². The molecule has 0 saturated carbocycles. The van der Waals surface area contributed by atoms with E-state index in [1.165, 1.54) is 7.11 Å². The van der Waals surface area contributed by atoms with Gasteiger partial charge >= 0.3 is 11.9 Å². The Labute approximate surface area is 128 Å². The van der Waals surface area contributed by atoms with Gasteiger partial charge in [0.2, 0.25) is 0 Å². The smallest absolute Gasteiger partial charge is 0.337 e. The summed E-state index contributed by atoms with van der Waals surface area (Å²) < 4.78 is 4.65. The van der Waals surface area contributed by atoms with Gasteiger partial charge in [-0.1, -0.05) is 36.4 Å². The number of benzene rings is 2. The lowest BCUT2D eigenvalue weighted by atomic mass is 9.99. The Kier molecular flexibility index (Phi) is 4.91. The molecule has 5 heteroatoms. The van der Waals surface area contributed by atoms with Crippen molar-refractivity contribution in [3.05, 3.63) is 59.7 Å². The summed E-state index contributed by atoms with van der Waals surface area (Å²) in [5, 5.41) is 8.75. The number of carbonyl (C=O) groups is 2. The number of ether oxygens (including phenoxy) is 1. The third kappa shape index (κ3) is 3.71. The molecule has 2 rings (SSSR count). The van der Waals surface area contributed by atoms with Gasteiger partial charge in [0.1, 0.15) is 0 Å². The Morgan fingerprint density at radius 2 is 1.55 bits per heavy atom. The van der Waals surface area contributed by atoms with Crippen molar-refractivity contribution in [3.8, 4) is 11.1 Å². The van der Waals surface area contributed by atoms with Crippen LogP contribution in [0.2, 0.25) is 0 Å². The minimum atomic E-state index is -0.921. The summed E-state index contributed by atoms with van der Waals surface area (Å²) in [6, 6.07) is 13.9. The fourth-order valence-electron chi connectivity index (χ4n) is 2.15. The van der Waals surface area contributed by atoms with E-state index in [1.807, 2.05) is 36.4 Å². The Morgan fingerprint density at radius 3 is 2.00 bits per heavy atom. The zero-order valence-electron chi connectivity index (χ0n) is 12.2. The fourth-order valence-corrected chi connectivity index (χ4v) is 2.15. The lowest BCUT2D eigenvalue weighted by Gasteiger charge is -2.10. The first-order chi connectivity index (χ1) is 10.5. The first-order valence-electron chi connectivity index (χ1n) is 6.77. The molecule has 1 unspecified atom stereocenters. The molecule has 5 nitrogen and oxygen atoms in total. The van der Waals surface area contributed by atoms with Crippen molar-refractivity contribution < 1.29 is 19.4 Å². The second-order valence-corrected chi connectivity index (χ2v) is 4.90. The Hall–Kier alpha value is -2.66.